The Morgan fingerprint density at radius 2 is 1.25 bits per heavy atom. The highest BCUT2D eigenvalue weighted by atomic mass is 16.9. The predicted molar refractivity (Wildman–Crippen MR) is 46.9 cm³/mol. The largest absolute Gasteiger partial charge is 0.461 e. The Kier molecular flexibility index (Phi) is 4.33. The van der Waals surface area contributed by atoms with Gasteiger partial charge in [-0.1, -0.05) is 13.2 Å². The molecule has 0 unspecified atom stereocenters. The van der Waals surface area contributed by atoms with Crippen molar-refractivity contribution in [3.63, 3.8) is 0 Å². The second kappa shape index (κ2) is 4.86. The number of aliphatic hydroxyl groups is 4. The van der Waals surface area contributed by atoms with Crippen molar-refractivity contribution >= 4 is 11.9 Å². The van der Waals surface area contributed by atoms with E-state index in [-0.39, 0.29) is 0 Å². The van der Waals surface area contributed by atoms with E-state index in [1.807, 2.05) is 0 Å². The van der Waals surface area contributed by atoms with Gasteiger partial charge in [0.2, 0.25) is 0 Å². The standard InChI is InChI=1S/C8H10O8/c1-3-5(9)15-8(14,7(11,12)13)16-6(10)4-2/h3-4,11-14H,1-2H2. The number of ether oxygens (including phenoxy) is 2. The van der Waals surface area contributed by atoms with Gasteiger partial charge in [0.25, 0.3) is 0 Å². The normalized spacial score (nSPS) is 11.5. The molecule has 16 heavy (non-hydrogen) atoms. The van der Waals surface area contributed by atoms with Gasteiger partial charge in [-0.2, -0.15) is 0 Å². The van der Waals surface area contributed by atoms with E-state index in [9.17, 15) is 14.7 Å². The first kappa shape index (κ1) is 14.3. The third kappa shape index (κ3) is 3.44. The molecule has 0 aliphatic carbocycles. The van der Waals surface area contributed by atoms with E-state index in [2.05, 4.69) is 22.6 Å². The minimum Gasteiger partial charge on any atom is -0.389 e. The Bertz CT molecular complexity index is 290. The summed E-state index contributed by atoms with van der Waals surface area (Å²) < 4.78 is 7.76. The summed E-state index contributed by atoms with van der Waals surface area (Å²) in [7, 11) is 0. The SMILES string of the molecule is C=CC(=O)OC(O)(OC(=O)C=C)C(O)(O)O. The average molecular weight is 234 g/mol. The van der Waals surface area contributed by atoms with Crippen LogP contribution in [0, 0.1) is 0 Å². The van der Waals surface area contributed by atoms with Gasteiger partial charge >= 0.3 is 23.9 Å². The first-order valence-corrected chi connectivity index (χ1v) is 3.76. The molecule has 0 aromatic rings. The summed E-state index contributed by atoms with van der Waals surface area (Å²) in [6.07, 6.45) is 1.05. The van der Waals surface area contributed by atoms with Crippen LogP contribution in [0.3, 0.4) is 0 Å². The third-order valence-electron chi connectivity index (χ3n) is 1.24. The number of carbonyl (C=O) groups excluding carboxylic acids is 2. The maximum Gasteiger partial charge on any atom is 0.461 e. The zero-order valence-electron chi connectivity index (χ0n) is 7.99. The van der Waals surface area contributed by atoms with Gasteiger partial charge in [0.15, 0.2) is 0 Å². The van der Waals surface area contributed by atoms with Crippen LogP contribution in [-0.4, -0.2) is 44.3 Å². The molecule has 0 bridgehead atoms. The van der Waals surface area contributed by atoms with E-state index in [0.717, 1.165) is 0 Å². The van der Waals surface area contributed by atoms with E-state index in [1.54, 1.807) is 0 Å². The second-order valence-corrected chi connectivity index (χ2v) is 2.47. The summed E-state index contributed by atoms with van der Waals surface area (Å²) in [4.78, 5) is 21.4. The van der Waals surface area contributed by atoms with Gasteiger partial charge in [-0.05, 0) is 0 Å². The van der Waals surface area contributed by atoms with Crippen LogP contribution in [0.25, 0.3) is 0 Å². The molecule has 0 rings (SSSR count). The molecule has 8 heteroatoms. The van der Waals surface area contributed by atoms with E-state index in [4.69, 9.17) is 15.3 Å². The Labute approximate surface area is 89.6 Å². The Morgan fingerprint density at radius 1 is 0.938 bits per heavy atom. The lowest BCUT2D eigenvalue weighted by atomic mass is 10.4. The highest BCUT2D eigenvalue weighted by Gasteiger charge is 2.56. The van der Waals surface area contributed by atoms with Gasteiger partial charge in [0.1, 0.15) is 0 Å². The minimum absolute atomic E-state index is 0.526. The lowest BCUT2D eigenvalue weighted by Gasteiger charge is -2.31. The van der Waals surface area contributed by atoms with Crippen LogP contribution in [-0.2, 0) is 19.1 Å². The van der Waals surface area contributed by atoms with Gasteiger partial charge in [0, 0.05) is 12.2 Å². The Balaban J connectivity index is 5.03. The highest BCUT2D eigenvalue weighted by Crippen LogP contribution is 2.21. The van der Waals surface area contributed by atoms with E-state index in [0.29, 0.717) is 12.2 Å². The quantitative estimate of drug-likeness (QED) is 0.237. The fraction of sp³-hybridized carbons (Fsp3) is 0.250. The average Bonchev–Trinajstić information content (AvgIpc) is 2.15. The maximum atomic E-state index is 10.7. The van der Waals surface area contributed by atoms with Crippen LogP contribution < -0.4 is 0 Å². The fourth-order valence-electron chi connectivity index (χ4n) is 0.514. The fourth-order valence-corrected chi connectivity index (χ4v) is 0.514. The van der Waals surface area contributed by atoms with Crippen LogP contribution >= 0.6 is 0 Å². The summed E-state index contributed by atoms with van der Waals surface area (Å²) in [5.41, 5.74) is 0. The molecule has 0 atom stereocenters. The molecule has 0 fully saturated rings. The molecule has 0 amide bonds. The molecule has 0 radical (unpaired) electrons. The summed E-state index contributed by atoms with van der Waals surface area (Å²) in [6.45, 7) is 5.87. The van der Waals surface area contributed by atoms with Crippen LogP contribution in [0.2, 0.25) is 0 Å². The van der Waals surface area contributed by atoms with E-state index >= 15 is 0 Å². The molecule has 0 aromatic carbocycles. The van der Waals surface area contributed by atoms with Crippen LogP contribution in [0.1, 0.15) is 0 Å². The van der Waals surface area contributed by atoms with Crippen LogP contribution in [0.5, 0.6) is 0 Å². The minimum atomic E-state index is -4.01. The molecule has 0 saturated heterocycles. The van der Waals surface area contributed by atoms with Crippen molar-refractivity contribution in [3.05, 3.63) is 25.3 Å². The smallest absolute Gasteiger partial charge is 0.389 e. The van der Waals surface area contributed by atoms with Gasteiger partial charge in [-0.3, -0.25) is 0 Å². The predicted octanol–water partition coefficient (Wildman–Crippen LogP) is -2.28. The summed E-state index contributed by atoms with van der Waals surface area (Å²) >= 11 is 0. The van der Waals surface area contributed by atoms with Crippen molar-refractivity contribution in [2.24, 2.45) is 0 Å². The maximum absolute atomic E-state index is 10.7. The number of rotatable bonds is 5. The van der Waals surface area contributed by atoms with Gasteiger partial charge in [-0.15, -0.1) is 0 Å². The number of carbonyl (C=O) groups is 2. The third-order valence-corrected chi connectivity index (χ3v) is 1.24. The number of esters is 2. The molecular formula is C8H10O8. The van der Waals surface area contributed by atoms with Crippen molar-refractivity contribution in [2.75, 3.05) is 0 Å². The highest BCUT2D eigenvalue weighted by molar-refractivity contribution is 5.83. The second-order valence-electron chi connectivity index (χ2n) is 2.47. The first-order chi connectivity index (χ1) is 7.16. The monoisotopic (exact) mass is 234 g/mol. The molecule has 8 nitrogen and oxygen atoms in total. The van der Waals surface area contributed by atoms with Crippen molar-refractivity contribution in [1.29, 1.82) is 0 Å². The molecule has 0 aliphatic heterocycles. The van der Waals surface area contributed by atoms with Crippen molar-refractivity contribution < 1.29 is 39.5 Å². The lowest BCUT2D eigenvalue weighted by Crippen LogP contribution is -2.59. The van der Waals surface area contributed by atoms with Crippen molar-refractivity contribution in [1.82, 2.24) is 0 Å². The van der Waals surface area contributed by atoms with Gasteiger partial charge in [0.05, 0.1) is 0 Å². The topological polar surface area (TPSA) is 134 Å². The Hall–Kier alpha value is -1.74. The first-order valence-electron chi connectivity index (χ1n) is 3.76. The van der Waals surface area contributed by atoms with Crippen molar-refractivity contribution in [3.8, 4) is 0 Å². The number of hydrogen-bond donors (Lipinski definition) is 4. The lowest BCUT2D eigenvalue weighted by molar-refractivity contribution is -0.506. The molecule has 0 spiro atoms. The van der Waals surface area contributed by atoms with E-state index < -0.39 is 23.9 Å². The molecule has 0 saturated carbocycles. The van der Waals surface area contributed by atoms with Crippen LogP contribution in [0.4, 0.5) is 0 Å². The zero-order chi connectivity index (χ0) is 13.0. The summed E-state index contributed by atoms with van der Waals surface area (Å²) in [5, 5.41) is 35.2. The zero-order valence-corrected chi connectivity index (χ0v) is 7.99. The molecular weight excluding hydrogens is 224 g/mol. The van der Waals surface area contributed by atoms with Crippen LogP contribution in [0.15, 0.2) is 25.3 Å². The van der Waals surface area contributed by atoms with E-state index in [1.165, 1.54) is 0 Å². The van der Waals surface area contributed by atoms with Gasteiger partial charge in [-0.25, -0.2) is 9.59 Å². The van der Waals surface area contributed by atoms with Gasteiger partial charge < -0.3 is 29.9 Å². The molecule has 0 aliphatic rings. The molecule has 4 N–H and O–H groups in total. The van der Waals surface area contributed by atoms with Crippen molar-refractivity contribution in [2.45, 2.75) is 11.9 Å². The molecule has 90 valence electrons. The summed E-state index contributed by atoms with van der Waals surface area (Å²) in [5.74, 6) is -10.4. The molecule has 0 aromatic heterocycles. The number of hydrogen-bond acceptors (Lipinski definition) is 8. The Morgan fingerprint density at radius 3 is 1.44 bits per heavy atom. The molecule has 0 heterocycles. The summed E-state index contributed by atoms with van der Waals surface area (Å²) in [6, 6.07) is 0.